The van der Waals surface area contributed by atoms with Gasteiger partial charge in [0.05, 0.1) is 38.8 Å². The molecule has 1 unspecified atom stereocenters. The lowest BCUT2D eigenvalue weighted by atomic mass is 9.91. The summed E-state index contributed by atoms with van der Waals surface area (Å²) in [5.41, 5.74) is 3.71. The second kappa shape index (κ2) is 19.3. The van der Waals surface area contributed by atoms with Gasteiger partial charge in [0, 0.05) is 75.4 Å². The fourth-order valence-electron chi connectivity index (χ4n) is 9.15. The molecule has 0 radical (unpaired) electrons. The lowest BCUT2D eigenvalue weighted by Crippen LogP contribution is -2.53. The van der Waals surface area contributed by atoms with Crippen molar-refractivity contribution in [1.82, 2.24) is 40.4 Å². The summed E-state index contributed by atoms with van der Waals surface area (Å²) in [5.74, 6) is 1.13. The number of likely N-dealkylation sites (tertiary alicyclic amines) is 2. The van der Waals surface area contributed by atoms with Crippen molar-refractivity contribution in [3.05, 3.63) is 60.8 Å². The summed E-state index contributed by atoms with van der Waals surface area (Å²) in [6.45, 7) is 4.62. The fraction of sp³-hybridized carbons (Fsp3) is 0.523. The van der Waals surface area contributed by atoms with Crippen LogP contribution < -0.4 is 16.0 Å². The van der Waals surface area contributed by atoms with Gasteiger partial charge < -0.3 is 49.7 Å². The molecule has 2 aromatic carbocycles. The maximum absolute atomic E-state index is 14.0. The van der Waals surface area contributed by atoms with Crippen molar-refractivity contribution >= 4 is 40.7 Å². The lowest BCUT2D eigenvalue weighted by Gasteiger charge is -2.34. The number of aromatic nitrogens is 4. The molecular formula is C44H55N9O8. The number of hydrogen-bond acceptors (Lipinski definition) is 12. The van der Waals surface area contributed by atoms with Gasteiger partial charge in [-0.3, -0.25) is 9.59 Å². The summed E-state index contributed by atoms with van der Waals surface area (Å²) in [6, 6.07) is 10.9. The van der Waals surface area contributed by atoms with Gasteiger partial charge in [-0.2, -0.15) is 0 Å². The minimum absolute atomic E-state index is 0.0108. The minimum atomic E-state index is -0.732. The number of nitrogens with one attached hydrogen (secondary N) is 4. The number of carbonyl (C=O) groups excluding carboxylic acids is 4. The van der Waals surface area contributed by atoms with Crippen molar-refractivity contribution in [3.8, 4) is 22.4 Å². The van der Waals surface area contributed by atoms with E-state index in [1.54, 1.807) is 0 Å². The number of nitrogens with zero attached hydrogens (tertiary/aromatic N) is 5. The van der Waals surface area contributed by atoms with Crippen LogP contribution in [0.5, 0.6) is 0 Å². The van der Waals surface area contributed by atoms with Crippen molar-refractivity contribution in [2.24, 2.45) is 17.8 Å². The molecule has 4 aromatic rings. The third kappa shape index (κ3) is 9.73. The Bertz CT molecular complexity index is 2170. The van der Waals surface area contributed by atoms with Gasteiger partial charge in [0.1, 0.15) is 17.9 Å². The largest absolute Gasteiger partial charge is 0.453 e. The van der Waals surface area contributed by atoms with Crippen molar-refractivity contribution in [2.75, 3.05) is 72.1 Å². The molecule has 17 heteroatoms. The first kappa shape index (κ1) is 41.9. The highest BCUT2D eigenvalue weighted by molar-refractivity contribution is 5.91. The van der Waals surface area contributed by atoms with Gasteiger partial charge >= 0.3 is 12.2 Å². The van der Waals surface area contributed by atoms with E-state index in [0.717, 1.165) is 71.1 Å². The van der Waals surface area contributed by atoms with E-state index in [-0.39, 0.29) is 35.6 Å². The molecule has 4 N–H and O–H groups in total. The standard InChI is InChI=1S/C44H55N9O8/c1-58-43(56)50-37(28-12-17-60-18-13-28)40(54)52-15-11-27(25-52)21-46-42-47-22-34(23-48-42)31-8-7-30-20-32(10-9-29(30)19-31)35-24-45-39(49-35)36-6-3-14-53(36)41(55)38(51-44(57)59-2)33-5-4-16-61-26-33/h7-10,19-20,22-24,27-28,33,36-38H,3-6,11-18,21,25-26H2,1-2H3,(H,45,49)(H,50,56)(H,51,57)(H,46,47,48)/t27-,33?,36+,37-,38+/m1/s1. The summed E-state index contributed by atoms with van der Waals surface area (Å²) < 4.78 is 20.8. The van der Waals surface area contributed by atoms with E-state index in [1.807, 2.05) is 28.4 Å². The van der Waals surface area contributed by atoms with Crippen molar-refractivity contribution in [2.45, 2.75) is 63.1 Å². The van der Waals surface area contributed by atoms with Crippen LogP contribution in [0.2, 0.25) is 0 Å². The van der Waals surface area contributed by atoms with Crippen LogP contribution in [0.25, 0.3) is 33.2 Å². The van der Waals surface area contributed by atoms with E-state index >= 15 is 0 Å². The van der Waals surface area contributed by atoms with Gasteiger partial charge in [-0.05, 0) is 85.3 Å². The van der Waals surface area contributed by atoms with Crippen LogP contribution in [-0.4, -0.2) is 133 Å². The first-order valence-electron chi connectivity index (χ1n) is 21.4. The predicted octanol–water partition coefficient (Wildman–Crippen LogP) is 4.91. The Balaban J connectivity index is 0.869. The van der Waals surface area contributed by atoms with Crippen LogP contribution in [0.4, 0.5) is 15.5 Å². The summed E-state index contributed by atoms with van der Waals surface area (Å²) in [5, 5.41) is 11.0. The number of hydrogen-bond donors (Lipinski definition) is 4. The van der Waals surface area contributed by atoms with E-state index in [0.29, 0.717) is 71.4 Å². The summed E-state index contributed by atoms with van der Waals surface area (Å²) in [7, 11) is 2.61. The Morgan fingerprint density at radius 2 is 1.46 bits per heavy atom. The molecule has 324 valence electrons. The number of carbonyl (C=O) groups is 4. The Morgan fingerprint density at radius 1 is 0.754 bits per heavy atom. The van der Waals surface area contributed by atoms with Gasteiger partial charge in [-0.1, -0.05) is 24.3 Å². The van der Waals surface area contributed by atoms with Gasteiger partial charge in [0.2, 0.25) is 17.8 Å². The van der Waals surface area contributed by atoms with Crippen molar-refractivity contribution < 1.29 is 38.1 Å². The molecule has 17 nitrogen and oxygen atoms in total. The summed E-state index contributed by atoms with van der Waals surface area (Å²) >= 11 is 0. The Hall–Kier alpha value is -5.81. The van der Waals surface area contributed by atoms with Crippen LogP contribution in [0.3, 0.4) is 0 Å². The molecular weight excluding hydrogens is 783 g/mol. The molecule has 5 atom stereocenters. The molecule has 4 aliphatic heterocycles. The molecule has 0 spiro atoms. The first-order chi connectivity index (χ1) is 29.8. The normalized spacial score (nSPS) is 21.8. The number of amides is 4. The maximum Gasteiger partial charge on any atom is 0.407 e. The van der Waals surface area contributed by atoms with E-state index in [4.69, 9.17) is 23.9 Å². The summed E-state index contributed by atoms with van der Waals surface area (Å²) in [6.07, 6.45) is 9.70. The highest BCUT2D eigenvalue weighted by atomic mass is 16.5. The number of rotatable bonds is 12. The zero-order chi connectivity index (χ0) is 42.3. The highest BCUT2D eigenvalue weighted by Crippen LogP contribution is 2.35. The third-order valence-electron chi connectivity index (χ3n) is 12.6. The fourth-order valence-corrected chi connectivity index (χ4v) is 9.15. The number of benzene rings is 2. The van der Waals surface area contributed by atoms with Crippen LogP contribution in [0.1, 0.15) is 56.8 Å². The Kier molecular flexibility index (Phi) is 13.2. The number of anilines is 1. The Labute approximate surface area is 354 Å². The molecule has 61 heavy (non-hydrogen) atoms. The van der Waals surface area contributed by atoms with Crippen molar-refractivity contribution in [1.29, 1.82) is 0 Å². The molecule has 0 saturated carbocycles. The molecule has 2 aromatic heterocycles. The van der Waals surface area contributed by atoms with Crippen molar-refractivity contribution in [3.63, 3.8) is 0 Å². The number of fused-ring (bicyclic) bond motifs is 1. The molecule has 8 rings (SSSR count). The second-order valence-electron chi connectivity index (χ2n) is 16.4. The molecule has 4 amide bonds. The van der Waals surface area contributed by atoms with E-state index in [1.165, 1.54) is 14.2 Å². The van der Waals surface area contributed by atoms with Gasteiger partial charge in [-0.15, -0.1) is 0 Å². The average molecular weight is 838 g/mol. The number of alkyl carbamates (subject to hydrolysis) is 2. The average Bonchev–Trinajstić information content (AvgIpc) is 4.11. The zero-order valence-corrected chi connectivity index (χ0v) is 34.8. The molecule has 0 aliphatic carbocycles. The number of ether oxygens (including phenoxy) is 4. The quantitative estimate of drug-likeness (QED) is 0.150. The second-order valence-corrected chi connectivity index (χ2v) is 16.4. The number of aromatic amines is 1. The minimum Gasteiger partial charge on any atom is -0.453 e. The summed E-state index contributed by atoms with van der Waals surface area (Å²) in [4.78, 5) is 72.9. The van der Waals surface area contributed by atoms with Gasteiger partial charge in [0.15, 0.2) is 0 Å². The number of H-pyrrole nitrogens is 1. The van der Waals surface area contributed by atoms with Gasteiger partial charge in [-0.25, -0.2) is 24.5 Å². The third-order valence-corrected chi connectivity index (χ3v) is 12.6. The zero-order valence-electron chi connectivity index (χ0n) is 34.8. The van der Waals surface area contributed by atoms with Crippen LogP contribution in [-0.2, 0) is 28.5 Å². The molecule has 4 saturated heterocycles. The molecule has 0 bridgehead atoms. The molecule has 6 heterocycles. The van der Waals surface area contributed by atoms with E-state index < -0.39 is 24.3 Å². The number of imidazole rings is 1. The van der Waals surface area contributed by atoms with Crippen LogP contribution in [0, 0.1) is 17.8 Å². The SMILES string of the molecule is COC(=O)N[C@H](C(=O)N1CCC[C@H]1c1ncc(-c2ccc3cc(-c4cnc(NC[C@H]5CCN(C(=O)[C@H](NC(=O)OC)C6CCOCC6)C5)nc4)ccc3c2)[nH]1)C1CCCOC1. The van der Waals surface area contributed by atoms with Crippen LogP contribution >= 0.6 is 0 Å². The van der Waals surface area contributed by atoms with Crippen LogP contribution in [0.15, 0.2) is 55.0 Å². The number of methoxy groups -OCH3 is 2. The van der Waals surface area contributed by atoms with E-state index in [9.17, 15) is 19.2 Å². The van der Waals surface area contributed by atoms with E-state index in [2.05, 4.69) is 67.3 Å². The van der Waals surface area contributed by atoms with Gasteiger partial charge in [0.25, 0.3) is 0 Å². The predicted molar refractivity (Wildman–Crippen MR) is 225 cm³/mol. The first-order valence-corrected chi connectivity index (χ1v) is 21.4. The highest BCUT2D eigenvalue weighted by Gasteiger charge is 2.41. The molecule has 4 aliphatic rings. The smallest absolute Gasteiger partial charge is 0.407 e. The lowest BCUT2D eigenvalue weighted by molar-refractivity contribution is -0.137. The topological polar surface area (TPSA) is 202 Å². The monoisotopic (exact) mass is 837 g/mol. The molecule has 4 fully saturated rings. The Morgan fingerprint density at radius 3 is 2.16 bits per heavy atom. The maximum atomic E-state index is 14.0.